The Balaban J connectivity index is 2.00. The maximum atomic E-state index is 4.28. The van der Waals surface area contributed by atoms with Crippen LogP contribution >= 0.6 is 11.3 Å². The zero-order valence-electron chi connectivity index (χ0n) is 7.16. The van der Waals surface area contributed by atoms with Crippen LogP contribution in [0.2, 0.25) is 0 Å². The number of aromatic nitrogens is 1. The summed E-state index contributed by atoms with van der Waals surface area (Å²) < 4.78 is 0. The lowest BCUT2D eigenvalue weighted by Gasteiger charge is -2.13. The van der Waals surface area contributed by atoms with Crippen molar-refractivity contribution >= 4 is 16.5 Å². The molecule has 1 unspecified atom stereocenters. The van der Waals surface area contributed by atoms with Crippen LogP contribution in [0.15, 0.2) is 11.6 Å². The zero-order chi connectivity index (χ0) is 8.39. The highest BCUT2D eigenvalue weighted by molar-refractivity contribution is 7.13. The number of likely N-dealkylation sites (N-methyl/N-ethyl adjacent to an activating group) is 1. The third kappa shape index (κ3) is 1.44. The predicted molar refractivity (Wildman–Crippen MR) is 51.8 cm³/mol. The van der Waals surface area contributed by atoms with Crippen LogP contribution < -0.4 is 10.2 Å². The van der Waals surface area contributed by atoms with Gasteiger partial charge in [-0.25, -0.2) is 4.98 Å². The fourth-order valence-corrected chi connectivity index (χ4v) is 2.22. The SMILES string of the molecule is CNC1CCN(c2nccs2)C1. The van der Waals surface area contributed by atoms with Gasteiger partial charge < -0.3 is 10.2 Å². The Morgan fingerprint density at radius 3 is 3.25 bits per heavy atom. The molecule has 1 N–H and O–H groups in total. The molecule has 0 amide bonds. The lowest BCUT2D eigenvalue weighted by atomic mass is 10.3. The second-order valence-electron chi connectivity index (χ2n) is 3.03. The summed E-state index contributed by atoms with van der Waals surface area (Å²) in [6, 6.07) is 0.647. The Morgan fingerprint density at radius 2 is 2.67 bits per heavy atom. The number of nitrogens with one attached hydrogen (secondary N) is 1. The van der Waals surface area contributed by atoms with Gasteiger partial charge >= 0.3 is 0 Å². The first kappa shape index (κ1) is 8.01. The van der Waals surface area contributed by atoms with Crippen molar-refractivity contribution in [2.45, 2.75) is 12.5 Å². The van der Waals surface area contributed by atoms with E-state index in [1.54, 1.807) is 11.3 Å². The van der Waals surface area contributed by atoms with Crippen molar-refractivity contribution in [3.63, 3.8) is 0 Å². The highest BCUT2D eigenvalue weighted by Gasteiger charge is 2.22. The second-order valence-corrected chi connectivity index (χ2v) is 3.91. The lowest BCUT2D eigenvalue weighted by molar-refractivity contribution is 0.617. The van der Waals surface area contributed by atoms with E-state index in [-0.39, 0.29) is 0 Å². The first-order chi connectivity index (χ1) is 5.90. The molecular formula is C8H13N3S. The summed E-state index contributed by atoms with van der Waals surface area (Å²) in [5.74, 6) is 0. The molecule has 12 heavy (non-hydrogen) atoms. The van der Waals surface area contributed by atoms with Gasteiger partial charge in [-0.05, 0) is 13.5 Å². The minimum Gasteiger partial charge on any atom is -0.346 e. The van der Waals surface area contributed by atoms with Crippen LogP contribution in [0.25, 0.3) is 0 Å². The molecule has 1 fully saturated rings. The molecule has 3 nitrogen and oxygen atoms in total. The second kappa shape index (κ2) is 3.41. The van der Waals surface area contributed by atoms with E-state index in [0.29, 0.717) is 6.04 Å². The molecule has 1 saturated heterocycles. The maximum Gasteiger partial charge on any atom is 0.185 e. The van der Waals surface area contributed by atoms with E-state index in [1.807, 2.05) is 18.6 Å². The number of nitrogens with zero attached hydrogens (tertiary/aromatic N) is 2. The van der Waals surface area contributed by atoms with Crippen LogP contribution in [0.4, 0.5) is 5.13 Å². The van der Waals surface area contributed by atoms with Crippen LogP contribution in [0.1, 0.15) is 6.42 Å². The van der Waals surface area contributed by atoms with E-state index in [9.17, 15) is 0 Å². The summed E-state index contributed by atoms with van der Waals surface area (Å²) in [6.07, 6.45) is 3.10. The van der Waals surface area contributed by atoms with Gasteiger partial charge in [-0.3, -0.25) is 0 Å². The molecule has 4 heteroatoms. The van der Waals surface area contributed by atoms with Crippen molar-refractivity contribution in [1.29, 1.82) is 0 Å². The molecule has 0 aromatic carbocycles. The van der Waals surface area contributed by atoms with Crippen LogP contribution in [-0.2, 0) is 0 Å². The topological polar surface area (TPSA) is 28.2 Å². The highest BCUT2D eigenvalue weighted by atomic mass is 32.1. The van der Waals surface area contributed by atoms with E-state index in [2.05, 4.69) is 15.2 Å². The van der Waals surface area contributed by atoms with Crippen LogP contribution in [0, 0.1) is 0 Å². The maximum absolute atomic E-state index is 4.28. The van der Waals surface area contributed by atoms with Gasteiger partial charge in [0.25, 0.3) is 0 Å². The smallest absolute Gasteiger partial charge is 0.185 e. The van der Waals surface area contributed by atoms with Crippen molar-refractivity contribution < 1.29 is 0 Å². The first-order valence-corrected chi connectivity index (χ1v) is 5.10. The van der Waals surface area contributed by atoms with Crippen LogP contribution in [-0.4, -0.2) is 31.2 Å². The van der Waals surface area contributed by atoms with Gasteiger partial charge in [0.1, 0.15) is 0 Å². The Morgan fingerprint density at radius 1 is 1.75 bits per heavy atom. The largest absolute Gasteiger partial charge is 0.346 e. The normalized spacial score (nSPS) is 23.4. The van der Waals surface area contributed by atoms with Crippen molar-refractivity contribution in [2.24, 2.45) is 0 Å². The molecule has 0 aliphatic carbocycles. The summed E-state index contributed by atoms with van der Waals surface area (Å²) in [5.41, 5.74) is 0. The Labute approximate surface area is 76.4 Å². The molecule has 66 valence electrons. The van der Waals surface area contributed by atoms with Gasteiger partial charge in [-0.1, -0.05) is 0 Å². The summed E-state index contributed by atoms with van der Waals surface area (Å²) in [6.45, 7) is 2.24. The van der Waals surface area contributed by atoms with Gasteiger partial charge in [-0.15, -0.1) is 11.3 Å². The molecule has 2 heterocycles. The Hall–Kier alpha value is -0.610. The molecular weight excluding hydrogens is 170 g/mol. The van der Waals surface area contributed by atoms with Crippen LogP contribution in [0.3, 0.4) is 0 Å². The molecule has 2 rings (SSSR count). The van der Waals surface area contributed by atoms with Crippen molar-refractivity contribution in [3.8, 4) is 0 Å². The average Bonchev–Trinajstić information content (AvgIpc) is 2.75. The standard InChI is InChI=1S/C8H13N3S/c1-9-7-2-4-11(6-7)8-10-3-5-12-8/h3,5,7,9H,2,4,6H2,1H3. The molecule has 0 bridgehead atoms. The number of hydrogen-bond acceptors (Lipinski definition) is 4. The fraction of sp³-hybridized carbons (Fsp3) is 0.625. The van der Waals surface area contributed by atoms with Crippen molar-refractivity contribution in [2.75, 3.05) is 25.0 Å². The quantitative estimate of drug-likeness (QED) is 0.739. The Kier molecular flexibility index (Phi) is 2.28. The molecule has 1 aliphatic rings. The van der Waals surface area contributed by atoms with Gasteiger partial charge in [0.2, 0.25) is 0 Å². The van der Waals surface area contributed by atoms with E-state index >= 15 is 0 Å². The summed E-state index contributed by atoms with van der Waals surface area (Å²) >= 11 is 1.72. The third-order valence-corrected chi connectivity index (χ3v) is 3.12. The summed E-state index contributed by atoms with van der Waals surface area (Å²) in [5, 5.41) is 6.48. The monoisotopic (exact) mass is 183 g/mol. The molecule has 1 atom stereocenters. The molecule has 1 aliphatic heterocycles. The molecule has 1 aromatic rings. The van der Waals surface area contributed by atoms with E-state index < -0.39 is 0 Å². The molecule has 1 aromatic heterocycles. The van der Waals surface area contributed by atoms with Gasteiger partial charge in [0.05, 0.1) is 0 Å². The minimum atomic E-state index is 0.647. The van der Waals surface area contributed by atoms with Crippen molar-refractivity contribution in [1.82, 2.24) is 10.3 Å². The number of rotatable bonds is 2. The van der Waals surface area contributed by atoms with E-state index in [0.717, 1.165) is 18.2 Å². The van der Waals surface area contributed by atoms with Crippen molar-refractivity contribution in [3.05, 3.63) is 11.6 Å². The fourth-order valence-electron chi connectivity index (χ4n) is 1.54. The highest BCUT2D eigenvalue weighted by Crippen LogP contribution is 2.21. The number of anilines is 1. The minimum absolute atomic E-state index is 0.647. The lowest BCUT2D eigenvalue weighted by Crippen LogP contribution is -2.29. The predicted octanol–water partition coefficient (Wildman–Crippen LogP) is 0.941. The third-order valence-electron chi connectivity index (χ3n) is 2.29. The van der Waals surface area contributed by atoms with Gasteiger partial charge in [-0.2, -0.15) is 0 Å². The number of hydrogen-bond donors (Lipinski definition) is 1. The average molecular weight is 183 g/mol. The summed E-state index contributed by atoms with van der Waals surface area (Å²) in [7, 11) is 2.02. The zero-order valence-corrected chi connectivity index (χ0v) is 7.97. The molecule has 0 saturated carbocycles. The first-order valence-electron chi connectivity index (χ1n) is 4.22. The van der Waals surface area contributed by atoms with Gasteiger partial charge in [0, 0.05) is 30.7 Å². The summed E-state index contributed by atoms with van der Waals surface area (Å²) in [4.78, 5) is 6.62. The van der Waals surface area contributed by atoms with Crippen LogP contribution in [0.5, 0.6) is 0 Å². The Bertz CT molecular complexity index is 234. The molecule has 0 spiro atoms. The number of thiazole rings is 1. The van der Waals surface area contributed by atoms with Gasteiger partial charge in [0.15, 0.2) is 5.13 Å². The van der Waals surface area contributed by atoms with E-state index in [4.69, 9.17) is 0 Å². The van der Waals surface area contributed by atoms with E-state index in [1.165, 1.54) is 6.42 Å². The molecule has 0 radical (unpaired) electrons.